The quantitative estimate of drug-likeness (QED) is 0.781. The third-order valence-corrected chi connectivity index (χ3v) is 2.27. The van der Waals surface area contributed by atoms with Gasteiger partial charge in [-0.2, -0.15) is 10.1 Å². The Balaban J connectivity index is 2.27. The molecule has 2 heterocycles. The Morgan fingerprint density at radius 3 is 2.75 bits per heavy atom. The van der Waals surface area contributed by atoms with Crippen LogP contribution in [0.1, 0.15) is 32.7 Å². The summed E-state index contributed by atoms with van der Waals surface area (Å²) in [4.78, 5) is 8.11. The Bertz CT molecular complexity index is 455. The van der Waals surface area contributed by atoms with E-state index in [0.717, 1.165) is 0 Å². The second kappa shape index (κ2) is 3.67. The van der Waals surface area contributed by atoms with Gasteiger partial charge in [-0.25, -0.2) is 4.98 Å². The molecule has 0 aliphatic carbocycles. The van der Waals surface area contributed by atoms with Gasteiger partial charge in [0.2, 0.25) is 11.7 Å². The lowest BCUT2D eigenvalue weighted by Gasteiger charge is -2.23. The molecule has 0 radical (unpaired) electrons. The van der Waals surface area contributed by atoms with Crippen LogP contribution in [0.15, 0.2) is 10.9 Å². The molecule has 7 nitrogen and oxygen atoms in total. The normalized spacial score (nSPS) is 14.0. The van der Waals surface area contributed by atoms with E-state index in [1.165, 1.54) is 6.33 Å². The first-order valence-corrected chi connectivity index (χ1v) is 4.93. The second-order valence-electron chi connectivity index (χ2n) is 4.63. The molecule has 0 aliphatic rings. The maximum absolute atomic E-state index is 6.00. The number of aromatic nitrogens is 5. The maximum Gasteiger partial charge on any atom is 0.244 e. The largest absolute Gasteiger partial charge is 0.337 e. The highest BCUT2D eigenvalue weighted by Gasteiger charge is 2.28. The smallest absolute Gasteiger partial charge is 0.244 e. The van der Waals surface area contributed by atoms with E-state index in [2.05, 4.69) is 25.3 Å². The van der Waals surface area contributed by atoms with Crippen LogP contribution in [0.2, 0.25) is 0 Å². The third kappa shape index (κ3) is 1.94. The molecule has 2 aromatic heterocycles. The number of rotatable bonds is 2. The Labute approximate surface area is 92.5 Å². The zero-order valence-electron chi connectivity index (χ0n) is 9.43. The van der Waals surface area contributed by atoms with Crippen molar-refractivity contribution in [1.82, 2.24) is 25.3 Å². The first kappa shape index (κ1) is 10.7. The molecular formula is C9H14N6O. The minimum Gasteiger partial charge on any atom is -0.337 e. The number of aromatic amines is 1. The average molecular weight is 222 g/mol. The Kier molecular flexibility index (Phi) is 2.47. The van der Waals surface area contributed by atoms with Crippen LogP contribution in [-0.4, -0.2) is 25.3 Å². The van der Waals surface area contributed by atoms with E-state index in [0.29, 0.717) is 17.5 Å². The molecule has 2 aromatic rings. The molecule has 0 fully saturated rings. The molecule has 0 bridgehead atoms. The molecule has 86 valence electrons. The van der Waals surface area contributed by atoms with Gasteiger partial charge < -0.3 is 10.3 Å². The van der Waals surface area contributed by atoms with Crippen molar-refractivity contribution >= 4 is 0 Å². The van der Waals surface area contributed by atoms with Gasteiger partial charge in [-0.05, 0) is 5.41 Å². The first-order chi connectivity index (χ1) is 7.48. The maximum atomic E-state index is 6.00. The highest BCUT2D eigenvalue weighted by atomic mass is 16.5. The average Bonchev–Trinajstić information content (AvgIpc) is 2.85. The summed E-state index contributed by atoms with van der Waals surface area (Å²) in [7, 11) is 0. The highest BCUT2D eigenvalue weighted by Crippen LogP contribution is 2.29. The standard InChI is InChI=1S/C9H14N6O/c1-9(2,3)5(10)8-13-7(15-16-8)6-11-4-12-14-6/h4-5H,10H2,1-3H3,(H,11,12,14)/t5-/m0/s1. The topological polar surface area (TPSA) is 107 Å². The van der Waals surface area contributed by atoms with Crippen molar-refractivity contribution in [1.29, 1.82) is 0 Å². The van der Waals surface area contributed by atoms with Gasteiger partial charge in [-0.1, -0.05) is 25.9 Å². The molecule has 0 aliphatic heterocycles. The lowest BCUT2D eigenvalue weighted by molar-refractivity contribution is 0.253. The van der Waals surface area contributed by atoms with Crippen molar-refractivity contribution < 1.29 is 4.52 Å². The molecule has 0 aromatic carbocycles. The number of hydrogen-bond acceptors (Lipinski definition) is 6. The van der Waals surface area contributed by atoms with E-state index in [1.54, 1.807) is 0 Å². The predicted octanol–water partition coefficient (Wildman–Crippen LogP) is 0.901. The van der Waals surface area contributed by atoms with Crippen LogP contribution < -0.4 is 5.73 Å². The van der Waals surface area contributed by atoms with Crippen molar-refractivity contribution in [2.45, 2.75) is 26.8 Å². The molecule has 0 spiro atoms. The fourth-order valence-electron chi connectivity index (χ4n) is 1.14. The summed E-state index contributed by atoms with van der Waals surface area (Å²) < 4.78 is 5.10. The zero-order chi connectivity index (χ0) is 11.8. The predicted molar refractivity (Wildman–Crippen MR) is 56.1 cm³/mol. The molecule has 0 saturated carbocycles. The number of nitrogens with two attached hydrogens (primary N) is 1. The number of hydrogen-bond donors (Lipinski definition) is 2. The molecule has 7 heteroatoms. The zero-order valence-corrected chi connectivity index (χ0v) is 9.43. The molecule has 0 saturated heterocycles. The van der Waals surface area contributed by atoms with Crippen LogP contribution in [-0.2, 0) is 0 Å². The summed E-state index contributed by atoms with van der Waals surface area (Å²) in [5, 5.41) is 10.2. The Morgan fingerprint density at radius 2 is 2.19 bits per heavy atom. The van der Waals surface area contributed by atoms with Gasteiger partial charge >= 0.3 is 0 Å². The van der Waals surface area contributed by atoms with E-state index in [-0.39, 0.29) is 11.5 Å². The van der Waals surface area contributed by atoms with Crippen molar-refractivity contribution in [3.8, 4) is 11.6 Å². The summed E-state index contributed by atoms with van der Waals surface area (Å²) in [6.45, 7) is 6.03. The highest BCUT2D eigenvalue weighted by molar-refractivity contribution is 5.39. The SMILES string of the molecule is CC(C)(C)[C@@H](N)c1nc(-c2ncn[nH]2)no1. The monoisotopic (exact) mass is 222 g/mol. The lowest BCUT2D eigenvalue weighted by atomic mass is 9.87. The fraction of sp³-hybridized carbons (Fsp3) is 0.556. The van der Waals surface area contributed by atoms with E-state index >= 15 is 0 Å². The summed E-state index contributed by atoms with van der Waals surface area (Å²) in [6.07, 6.45) is 1.38. The van der Waals surface area contributed by atoms with Crippen LogP contribution in [0.25, 0.3) is 11.6 Å². The molecule has 1 atom stereocenters. The molecule has 0 unspecified atom stereocenters. The Morgan fingerprint density at radius 1 is 1.44 bits per heavy atom. The van der Waals surface area contributed by atoms with Crippen LogP contribution >= 0.6 is 0 Å². The molecule has 16 heavy (non-hydrogen) atoms. The van der Waals surface area contributed by atoms with Gasteiger partial charge in [-0.3, -0.25) is 5.10 Å². The number of nitrogens with zero attached hydrogens (tertiary/aromatic N) is 4. The Hall–Kier alpha value is -1.76. The van der Waals surface area contributed by atoms with E-state index in [9.17, 15) is 0 Å². The summed E-state index contributed by atoms with van der Waals surface area (Å²) >= 11 is 0. The molecular weight excluding hydrogens is 208 g/mol. The van der Waals surface area contributed by atoms with Crippen LogP contribution in [0.4, 0.5) is 0 Å². The number of H-pyrrole nitrogens is 1. The summed E-state index contributed by atoms with van der Waals surface area (Å²) in [6, 6.07) is -0.309. The van der Waals surface area contributed by atoms with Gasteiger partial charge in [0.1, 0.15) is 6.33 Å². The van der Waals surface area contributed by atoms with Crippen molar-refractivity contribution in [3.05, 3.63) is 12.2 Å². The third-order valence-electron chi connectivity index (χ3n) is 2.27. The van der Waals surface area contributed by atoms with Crippen molar-refractivity contribution in [2.75, 3.05) is 0 Å². The van der Waals surface area contributed by atoms with Crippen LogP contribution in [0.5, 0.6) is 0 Å². The van der Waals surface area contributed by atoms with Gasteiger partial charge in [0.15, 0.2) is 5.82 Å². The van der Waals surface area contributed by atoms with Crippen molar-refractivity contribution in [2.24, 2.45) is 11.1 Å². The van der Waals surface area contributed by atoms with Crippen molar-refractivity contribution in [3.63, 3.8) is 0 Å². The first-order valence-electron chi connectivity index (χ1n) is 4.93. The summed E-state index contributed by atoms with van der Waals surface area (Å²) in [5.41, 5.74) is 5.86. The van der Waals surface area contributed by atoms with Crippen LogP contribution in [0.3, 0.4) is 0 Å². The van der Waals surface area contributed by atoms with Gasteiger partial charge in [0, 0.05) is 0 Å². The molecule has 0 amide bonds. The van der Waals surface area contributed by atoms with Crippen LogP contribution in [0, 0.1) is 5.41 Å². The van der Waals surface area contributed by atoms with Gasteiger partial charge in [0.25, 0.3) is 0 Å². The minimum atomic E-state index is -0.309. The van der Waals surface area contributed by atoms with Gasteiger partial charge in [0.05, 0.1) is 6.04 Å². The molecule has 2 rings (SSSR count). The summed E-state index contributed by atoms with van der Waals surface area (Å²) in [5.74, 6) is 1.24. The number of nitrogens with one attached hydrogen (secondary N) is 1. The van der Waals surface area contributed by atoms with E-state index in [4.69, 9.17) is 10.3 Å². The van der Waals surface area contributed by atoms with Gasteiger partial charge in [-0.15, -0.1) is 0 Å². The minimum absolute atomic E-state index is 0.134. The second-order valence-corrected chi connectivity index (χ2v) is 4.63. The fourth-order valence-corrected chi connectivity index (χ4v) is 1.14. The van der Waals surface area contributed by atoms with E-state index in [1.807, 2.05) is 20.8 Å². The van der Waals surface area contributed by atoms with E-state index < -0.39 is 0 Å². The molecule has 3 N–H and O–H groups in total. The lowest BCUT2D eigenvalue weighted by Crippen LogP contribution is -2.26.